The van der Waals surface area contributed by atoms with Gasteiger partial charge < -0.3 is 14.8 Å². The maximum absolute atomic E-state index is 12.7. The molecule has 0 fully saturated rings. The number of carbonyl (C=O) groups is 1. The van der Waals surface area contributed by atoms with E-state index in [2.05, 4.69) is 10.4 Å². The zero-order valence-electron chi connectivity index (χ0n) is 19.2. The number of benzene rings is 3. The number of carbonyl (C=O) groups excluding carboxylic acids is 1. The topological polar surface area (TPSA) is 82.5 Å². The molecule has 0 aliphatic carbocycles. The van der Waals surface area contributed by atoms with Crippen molar-refractivity contribution in [1.82, 2.24) is 9.78 Å². The van der Waals surface area contributed by atoms with Gasteiger partial charge in [0.2, 0.25) is 5.88 Å². The van der Waals surface area contributed by atoms with Gasteiger partial charge in [-0.2, -0.15) is 4.68 Å². The van der Waals surface area contributed by atoms with E-state index in [0.29, 0.717) is 23.7 Å². The molecule has 34 heavy (non-hydrogen) atoms. The van der Waals surface area contributed by atoms with Gasteiger partial charge in [0.1, 0.15) is 12.4 Å². The minimum absolute atomic E-state index is 0.221. The fourth-order valence-corrected chi connectivity index (χ4v) is 3.49. The molecule has 0 unspecified atom stereocenters. The van der Waals surface area contributed by atoms with Crippen LogP contribution >= 0.6 is 0 Å². The summed E-state index contributed by atoms with van der Waals surface area (Å²) in [7, 11) is 1.61. The Bertz CT molecular complexity index is 1340. The van der Waals surface area contributed by atoms with Crippen LogP contribution in [0.15, 0.2) is 83.7 Å². The normalized spacial score (nSPS) is 10.6. The first kappa shape index (κ1) is 22.8. The summed E-state index contributed by atoms with van der Waals surface area (Å²) >= 11 is 0. The van der Waals surface area contributed by atoms with E-state index in [4.69, 9.17) is 9.47 Å². The predicted octanol–water partition coefficient (Wildman–Crippen LogP) is 4.69. The van der Waals surface area contributed by atoms with Gasteiger partial charge in [-0.15, -0.1) is 5.10 Å². The lowest BCUT2D eigenvalue weighted by atomic mass is 10.1. The maximum atomic E-state index is 12.7. The van der Waals surface area contributed by atoms with Crippen molar-refractivity contribution in [3.63, 3.8) is 0 Å². The first-order valence-corrected chi connectivity index (χ1v) is 10.8. The number of para-hydroxylation sites is 1. The van der Waals surface area contributed by atoms with E-state index in [0.717, 1.165) is 28.1 Å². The van der Waals surface area contributed by atoms with Gasteiger partial charge in [-0.05, 0) is 66.9 Å². The van der Waals surface area contributed by atoms with Crippen molar-refractivity contribution in [2.75, 3.05) is 12.4 Å². The third-order valence-electron chi connectivity index (χ3n) is 5.42. The summed E-state index contributed by atoms with van der Waals surface area (Å²) in [4.78, 5) is 25.1. The summed E-state index contributed by atoms with van der Waals surface area (Å²) in [5.74, 6) is 0.856. The van der Waals surface area contributed by atoms with Gasteiger partial charge >= 0.3 is 0 Å². The lowest BCUT2D eigenvalue weighted by Crippen LogP contribution is -2.21. The molecule has 1 N–H and O–H groups in total. The number of aromatic nitrogens is 2. The van der Waals surface area contributed by atoms with Crippen molar-refractivity contribution in [2.45, 2.75) is 20.5 Å². The Morgan fingerprint density at radius 3 is 2.24 bits per heavy atom. The van der Waals surface area contributed by atoms with Gasteiger partial charge in [0.05, 0.1) is 12.8 Å². The summed E-state index contributed by atoms with van der Waals surface area (Å²) < 4.78 is 12.2. The van der Waals surface area contributed by atoms with Crippen molar-refractivity contribution in [1.29, 1.82) is 0 Å². The number of nitrogens with zero attached hydrogens (tertiary/aromatic N) is 2. The first-order chi connectivity index (χ1) is 16.4. The third-order valence-corrected chi connectivity index (χ3v) is 5.42. The molecule has 7 nitrogen and oxygen atoms in total. The lowest BCUT2D eigenvalue weighted by molar-refractivity contribution is 0.102. The highest BCUT2D eigenvalue weighted by Gasteiger charge is 2.11. The molecule has 1 heterocycles. The van der Waals surface area contributed by atoms with Gasteiger partial charge in [0, 0.05) is 23.4 Å². The molecule has 7 heteroatoms. The molecule has 0 atom stereocenters. The standard InChI is InChI=1S/C27H25N3O4/c1-18-5-4-6-19(2)26(18)28-27(32)21-9-11-22(12-10-21)30-25(31)16-15-24(29-30)34-17-20-7-13-23(33-3)14-8-20/h4-16H,17H2,1-3H3,(H,28,32). The molecule has 0 spiro atoms. The predicted molar refractivity (Wildman–Crippen MR) is 131 cm³/mol. The number of amides is 1. The molecule has 0 aliphatic heterocycles. The van der Waals surface area contributed by atoms with E-state index in [1.54, 1.807) is 31.4 Å². The number of rotatable bonds is 7. The molecule has 4 aromatic rings. The average Bonchev–Trinajstić information content (AvgIpc) is 2.86. The van der Waals surface area contributed by atoms with Crippen molar-refractivity contribution in [3.05, 3.63) is 111 Å². The van der Waals surface area contributed by atoms with Crippen LogP contribution in [0, 0.1) is 13.8 Å². The number of methoxy groups -OCH3 is 1. The lowest BCUT2D eigenvalue weighted by Gasteiger charge is -2.12. The molecule has 0 saturated carbocycles. The van der Waals surface area contributed by atoms with Gasteiger partial charge in [0.15, 0.2) is 0 Å². The van der Waals surface area contributed by atoms with Crippen molar-refractivity contribution in [3.8, 4) is 17.3 Å². The number of anilines is 1. The van der Waals surface area contributed by atoms with Crippen LogP contribution in [0.5, 0.6) is 11.6 Å². The smallest absolute Gasteiger partial charge is 0.271 e. The van der Waals surface area contributed by atoms with Crippen LogP contribution in [-0.4, -0.2) is 22.8 Å². The molecular formula is C27H25N3O4. The Morgan fingerprint density at radius 1 is 0.912 bits per heavy atom. The molecule has 0 saturated heterocycles. The molecule has 1 aromatic heterocycles. The maximum Gasteiger partial charge on any atom is 0.271 e. The fourth-order valence-electron chi connectivity index (χ4n) is 3.49. The highest BCUT2D eigenvalue weighted by molar-refractivity contribution is 6.05. The highest BCUT2D eigenvalue weighted by Crippen LogP contribution is 2.21. The van der Waals surface area contributed by atoms with Crippen molar-refractivity contribution < 1.29 is 14.3 Å². The number of hydrogen-bond acceptors (Lipinski definition) is 5. The molecule has 3 aromatic carbocycles. The first-order valence-electron chi connectivity index (χ1n) is 10.8. The summed E-state index contributed by atoms with van der Waals surface area (Å²) in [5, 5.41) is 7.28. The molecule has 172 valence electrons. The van der Waals surface area contributed by atoms with E-state index in [9.17, 15) is 9.59 Å². The van der Waals surface area contributed by atoms with Crippen molar-refractivity contribution >= 4 is 11.6 Å². The number of nitrogens with one attached hydrogen (secondary N) is 1. The largest absolute Gasteiger partial charge is 0.497 e. The quantitative estimate of drug-likeness (QED) is 0.437. The Morgan fingerprint density at radius 2 is 1.59 bits per heavy atom. The van der Waals surface area contributed by atoms with Crippen LogP contribution in [0.1, 0.15) is 27.0 Å². The van der Waals surface area contributed by atoms with Crippen LogP contribution in [-0.2, 0) is 6.61 Å². The minimum Gasteiger partial charge on any atom is -0.497 e. The molecular weight excluding hydrogens is 430 g/mol. The van der Waals surface area contributed by atoms with Crippen LogP contribution in [0.25, 0.3) is 5.69 Å². The Balaban J connectivity index is 1.48. The molecule has 0 aliphatic rings. The van der Waals surface area contributed by atoms with E-state index >= 15 is 0 Å². The van der Waals surface area contributed by atoms with E-state index in [1.165, 1.54) is 16.8 Å². The highest BCUT2D eigenvalue weighted by atomic mass is 16.5. The summed E-state index contributed by atoms with van der Waals surface area (Å²) in [6.07, 6.45) is 0. The number of aryl methyl sites for hydroxylation is 2. The van der Waals surface area contributed by atoms with Gasteiger partial charge in [0.25, 0.3) is 11.5 Å². The van der Waals surface area contributed by atoms with Crippen molar-refractivity contribution in [2.24, 2.45) is 0 Å². The SMILES string of the molecule is COc1ccc(COc2ccc(=O)n(-c3ccc(C(=O)Nc4c(C)cccc4C)cc3)n2)cc1. The zero-order chi connectivity index (χ0) is 24.1. The Labute approximate surface area is 197 Å². The second-order valence-corrected chi connectivity index (χ2v) is 7.83. The van der Waals surface area contributed by atoms with E-state index in [-0.39, 0.29) is 11.5 Å². The summed E-state index contributed by atoms with van der Waals surface area (Å²) in [5.41, 5.74) is 4.44. The molecule has 0 radical (unpaired) electrons. The van der Waals surface area contributed by atoms with Crippen LogP contribution in [0.4, 0.5) is 5.69 Å². The number of hydrogen-bond donors (Lipinski definition) is 1. The zero-order valence-corrected chi connectivity index (χ0v) is 19.2. The Kier molecular flexibility index (Phi) is 6.73. The van der Waals surface area contributed by atoms with Crippen LogP contribution in [0.2, 0.25) is 0 Å². The minimum atomic E-state index is -0.301. The van der Waals surface area contributed by atoms with Crippen LogP contribution in [0.3, 0.4) is 0 Å². The second-order valence-electron chi connectivity index (χ2n) is 7.83. The molecule has 4 rings (SSSR count). The van der Waals surface area contributed by atoms with Crippen LogP contribution < -0.4 is 20.3 Å². The molecule has 0 bridgehead atoms. The summed E-state index contributed by atoms with van der Waals surface area (Å²) in [6.45, 7) is 4.20. The van der Waals surface area contributed by atoms with Gasteiger partial charge in [-0.25, -0.2) is 0 Å². The molecule has 1 amide bonds. The fraction of sp³-hybridized carbons (Fsp3) is 0.148. The third kappa shape index (κ3) is 5.15. The van der Waals surface area contributed by atoms with Gasteiger partial charge in [-0.3, -0.25) is 9.59 Å². The number of ether oxygens (including phenoxy) is 2. The average molecular weight is 456 g/mol. The Hall–Kier alpha value is -4.39. The summed E-state index contributed by atoms with van der Waals surface area (Å²) in [6, 6.07) is 23.0. The van der Waals surface area contributed by atoms with E-state index < -0.39 is 0 Å². The van der Waals surface area contributed by atoms with Gasteiger partial charge in [-0.1, -0.05) is 30.3 Å². The second kappa shape index (κ2) is 10.0. The van der Waals surface area contributed by atoms with E-state index in [1.807, 2.05) is 56.3 Å². The monoisotopic (exact) mass is 455 g/mol.